The number of ether oxygens (including phenoxy) is 1. The van der Waals surface area contributed by atoms with Gasteiger partial charge in [0.25, 0.3) is 0 Å². The SMILES string of the molecule is CCN(CC(=O)O)C1CCN(C(=O)CCOc2ccc(Cl)cc2)CC1. The Morgan fingerprint density at radius 2 is 1.92 bits per heavy atom. The summed E-state index contributed by atoms with van der Waals surface area (Å²) < 4.78 is 5.56. The van der Waals surface area contributed by atoms with E-state index in [0.717, 1.165) is 12.8 Å². The van der Waals surface area contributed by atoms with E-state index in [1.807, 2.05) is 16.7 Å². The van der Waals surface area contributed by atoms with Gasteiger partial charge < -0.3 is 14.7 Å². The summed E-state index contributed by atoms with van der Waals surface area (Å²) in [6.45, 7) is 4.40. The molecule has 138 valence electrons. The number of halogens is 1. The number of hydrogen-bond donors (Lipinski definition) is 1. The Kier molecular flexibility index (Phi) is 7.52. The van der Waals surface area contributed by atoms with E-state index < -0.39 is 5.97 Å². The highest BCUT2D eigenvalue weighted by Crippen LogP contribution is 2.18. The van der Waals surface area contributed by atoms with Crippen LogP contribution in [0.1, 0.15) is 26.2 Å². The number of carboxylic acids is 1. The van der Waals surface area contributed by atoms with E-state index in [9.17, 15) is 9.59 Å². The molecule has 0 atom stereocenters. The second-order valence-electron chi connectivity index (χ2n) is 6.12. The summed E-state index contributed by atoms with van der Waals surface area (Å²) >= 11 is 5.82. The monoisotopic (exact) mass is 368 g/mol. The number of nitrogens with zero attached hydrogens (tertiary/aromatic N) is 2. The fourth-order valence-corrected chi connectivity index (χ4v) is 3.22. The lowest BCUT2D eigenvalue weighted by molar-refractivity contribution is -0.140. The number of hydrogen-bond acceptors (Lipinski definition) is 4. The van der Waals surface area contributed by atoms with Gasteiger partial charge >= 0.3 is 5.97 Å². The molecule has 7 heteroatoms. The molecule has 1 heterocycles. The van der Waals surface area contributed by atoms with Crippen molar-refractivity contribution in [3.8, 4) is 5.75 Å². The van der Waals surface area contributed by atoms with E-state index in [1.165, 1.54) is 0 Å². The number of carbonyl (C=O) groups excluding carboxylic acids is 1. The highest BCUT2D eigenvalue weighted by Gasteiger charge is 2.27. The van der Waals surface area contributed by atoms with E-state index in [2.05, 4.69) is 0 Å². The molecule has 0 saturated carbocycles. The van der Waals surface area contributed by atoms with Crippen LogP contribution in [0, 0.1) is 0 Å². The summed E-state index contributed by atoms with van der Waals surface area (Å²) in [6, 6.07) is 7.29. The van der Waals surface area contributed by atoms with Crippen molar-refractivity contribution in [2.24, 2.45) is 0 Å². The first-order valence-corrected chi connectivity index (χ1v) is 8.99. The Bertz CT molecular complexity index is 571. The largest absolute Gasteiger partial charge is 0.493 e. The molecule has 1 fully saturated rings. The molecular formula is C18H25ClN2O4. The number of amides is 1. The lowest BCUT2D eigenvalue weighted by Crippen LogP contribution is -2.48. The Hall–Kier alpha value is -1.79. The smallest absolute Gasteiger partial charge is 0.317 e. The van der Waals surface area contributed by atoms with E-state index in [4.69, 9.17) is 21.4 Å². The quantitative estimate of drug-likeness (QED) is 0.763. The van der Waals surface area contributed by atoms with Gasteiger partial charge in [0.15, 0.2) is 0 Å². The number of likely N-dealkylation sites (N-methyl/N-ethyl adjacent to an activating group) is 1. The van der Waals surface area contributed by atoms with Crippen molar-refractivity contribution in [3.63, 3.8) is 0 Å². The standard InChI is InChI=1S/C18H25ClN2O4/c1-2-20(13-18(23)24)15-7-10-21(11-8-15)17(22)9-12-25-16-5-3-14(19)4-6-16/h3-6,15H,2,7-13H2,1H3,(H,23,24). The van der Waals surface area contributed by atoms with E-state index >= 15 is 0 Å². The number of rotatable bonds is 8. The van der Waals surface area contributed by atoms with Crippen LogP contribution in [0.25, 0.3) is 0 Å². The van der Waals surface area contributed by atoms with Crippen LogP contribution in [0.2, 0.25) is 5.02 Å². The van der Waals surface area contributed by atoms with Crippen LogP contribution in [0.3, 0.4) is 0 Å². The van der Waals surface area contributed by atoms with Gasteiger partial charge in [0.1, 0.15) is 5.75 Å². The van der Waals surface area contributed by atoms with Gasteiger partial charge in [0.2, 0.25) is 5.91 Å². The lowest BCUT2D eigenvalue weighted by Gasteiger charge is -2.37. The molecule has 1 saturated heterocycles. The molecule has 0 aliphatic carbocycles. The summed E-state index contributed by atoms with van der Waals surface area (Å²) in [5.74, 6) is -0.0310. The second kappa shape index (κ2) is 9.63. The molecule has 1 aromatic rings. The number of piperidine rings is 1. The van der Waals surface area contributed by atoms with Crippen LogP contribution >= 0.6 is 11.6 Å². The molecule has 1 aliphatic rings. The molecule has 0 bridgehead atoms. The predicted octanol–water partition coefficient (Wildman–Crippen LogP) is 2.51. The topological polar surface area (TPSA) is 70.1 Å². The molecule has 6 nitrogen and oxygen atoms in total. The minimum absolute atomic E-state index is 0.0596. The van der Waals surface area contributed by atoms with Gasteiger partial charge in [0, 0.05) is 24.2 Å². The number of aliphatic carboxylic acids is 1. The molecule has 0 spiro atoms. The first-order valence-electron chi connectivity index (χ1n) is 8.61. The molecule has 0 radical (unpaired) electrons. The zero-order chi connectivity index (χ0) is 18.2. The zero-order valence-corrected chi connectivity index (χ0v) is 15.2. The highest BCUT2D eigenvalue weighted by atomic mass is 35.5. The van der Waals surface area contributed by atoms with Crippen molar-refractivity contribution < 1.29 is 19.4 Å². The zero-order valence-electron chi connectivity index (χ0n) is 14.5. The first kappa shape index (κ1) is 19.5. The average Bonchev–Trinajstić information content (AvgIpc) is 2.61. The Morgan fingerprint density at radius 3 is 2.48 bits per heavy atom. The van der Waals surface area contributed by atoms with E-state index in [-0.39, 0.29) is 18.5 Å². The fourth-order valence-electron chi connectivity index (χ4n) is 3.10. The molecule has 1 N–H and O–H groups in total. The van der Waals surface area contributed by atoms with Gasteiger partial charge in [-0.2, -0.15) is 0 Å². The molecule has 1 amide bonds. The minimum Gasteiger partial charge on any atom is -0.493 e. The van der Waals surface area contributed by atoms with Gasteiger partial charge in [-0.1, -0.05) is 18.5 Å². The van der Waals surface area contributed by atoms with Gasteiger partial charge in [-0.05, 0) is 43.7 Å². The molecule has 1 aromatic carbocycles. The predicted molar refractivity (Wildman–Crippen MR) is 96.0 cm³/mol. The number of benzene rings is 1. The Morgan fingerprint density at radius 1 is 1.28 bits per heavy atom. The summed E-state index contributed by atoms with van der Waals surface area (Å²) in [5, 5.41) is 9.61. The van der Waals surface area contributed by atoms with Gasteiger partial charge in [-0.15, -0.1) is 0 Å². The average molecular weight is 369 g/mol. The number of likely N-dealkylation sites (tertiary alicyclic amines) is 1. The summed E-state index contributed by atoms with van der Waals surface area (Å²) in [4.78, 5) is 27.0. The number of carboxylic acid groups (broad SMARTS) is 1. The van der Waals surface area contributed by atoms with Gasteiger partial charge in [-0.25, -0.2) is 0 Å². The van der Waals surface area contributed by atoms with Crippen molar-refractivity contribution in [2.75, 3.05) is 32.8 Å². The van der Waals surface area contributed by atoms with Crippen molar-refractivity contribution in [1.82, 2.24) is 9.80 Å². The third-order valence-corrected chi connectivity index (χ3v) is 4.73. The van der Waals surface area contributed by atoms with Crippen molar-refractivity contribution >= 4 is 23.5 Å². The summed E-state index contributed by atoms with van der Waals surface area (Å²) in [7, 11) is 0. The molecule has 0 unspecified atom stereocenters. The van der Waals surface area contributed by atoms with Crippen LogP contribution in [0.15, 0.2) is 24.3 Å². The first-order chi connectivity index (χ1) is 12.0. The third kappa shape index (κ3) is 6.21. The maximum Gasteiger partial charge on any atom is 0.317 e. The molecular weight excluding hydrogens is 344 g/mol. The minimum atomic E-state index is -0.806. The van der Waals surface area contributed by atoms with Crippen LogP contribution in [0.5, 0.6) is 5.75 Å². The van der Waals surface area contributed by atoms with Crippen molar-refractivity contribution in [2.45, 2.75) is 32.2 Å². The van der Waals surface area contributed by atoms with E-state index in [0.29, 0.717) is 43.4 Å². The highest BCUT2D eigenvalue weighted by molar-refractivity contribution is 6.30. The van der Waals surface area contributed by atoms with Crippen LogP contribution in [-0.4, -0.2) is 65.6 Å². The Labute approximate surface area is 153 Å². The van der Waals surface area contributed by atoms with Crippen LogP contribution in [0.4, 0.5) is 0 Å². The van der Waals surface area contributed by atoms with Gasteiger partial charge in [-0.3, -0.25) is 14.5 Å². The number of carbonyl (C=O) groups is 2. The molecule has 1 aliphatic heterocycles. The normalized spacial score (nSPS) is 15.4. The molecule has 2 rings (SSSR count). The van der Waals surface area contributed by atoms with Gasteiger partial charge in [0.05, 0.1) is 19.6 Å². The molecule has 25 heavy (non-hydrogen) atoms. The third-order valence-electron chi connectivity index (χ3n) is 4.48. The van der Waals surface area contributed by atoms with Crippen LogP contribution < -0.4 is 4.74 Å². The lowest BCUT2D eigenvalue weighted by atomic mass is 10.0. The summed E-state index contributed by atoms with van der Waals surface area (Å²) in [6.07, 6.45) is 1.95. The fraction of sp³-hybridized carbons (Fsp3) is 0.556. The second-order valence-corrected chi connectivity index (χ2v) is 6.56. The van der Waals surface area contributed by atoms with E-state index in [1.54, 1.807) is 24.3 Å². The maximum atomic E-state index is 12.3. The van der Waals surface area contributed by atoms with Crippen molar-refractivity contribution in [3.05, 3.63) is 29.3 Å². The van der Waals surface area contributed by atoms with Crippen molar-refractivity contribution in [1.29, 1.82) is 0 Å². The molecule has 0 aromatic heterocycles. The Balaban J connectivity index is 1.71. The summed E-state index contributed by atoms with van der Waals surface area (Å²) in [5.41, 5.74) is 0. The van der Waals surface area contributed by atoms with Crippen LogP contribution in [-0.2, 0) is 9.59 Å². The maximum absolute atomic E-state index is 12.3.